The molecule has 0 aliphatic carbocycles. The van der Waals surface area contributed by atoms with Crippen molar-refractivity contribution in [2.75, 3.05) is 20.7 Å². The van der Waals surface area contributed by atoms with E-state index >= 15 is 0 Å². The Bertz CT molecular complexity index is 687. The second-order valence-electron chi connectivity index (χ2n) is 5.35. The minimum atomic E-state index is -0.968. The van der Waals surface area contributed by atoms with Gasteiger partial charge in [-0.15, -0.1) is 0 Å². The monoisotopic (exact) mass is 337 g/mol. The molecule has 0 aliphatic rings. The lowest BCUT2D eigenvalue weighted by Crippen LogP contribution is -2.33. The van der Waals surface area contributed by atoms with Gasteiger partial charge < -0.3 is 9.84 Å². The van der Waals surface area contributed by atoms with Crippen LogP contribution in [0.5, 0.6) is 5.75 Å². The van der Waals surface area contributed by atoms with Crippen molar-refractivity contribution in [3.05, 3.63) is 46.7 Å². The van der Waals surface area contributed by atoms with Crippen LogP contribution in [0.3, 0.4) is 0 Å². The van der Waals surface area contributed by atoms with Crippen molar-refractivity contribution in [1.82, 2.24) is 14.7 Å². The number of ether oxygens (including phenoxy) is 1. The second-order valence-corrected chi connectivity index (χ2v) is 5.76. The first kappa shape index (κ1) is 17.3. The van der Waals surface area contributed by atoms with Crippen LogP contribution in [0.25, 0.3) is 0 Å². The van der Waals surface area contributed by atoms with E-state index in [2.05, 4.69) is 5.10 Å². The fourth-order valence-corrected chi connectivity index (χ4v) is 2.80. The lowest BCUT2D eigenvalue weighted by Gasteiger charge is -2.26. The highest BCUT2D eigenvalue weighted by Crippen LogP contribution is 2.35. The summed E-state index contributed by atoms with van der Waals surface area (Å²) in [5.74, 6) is -0.497. The molecule has 0 amide bonds. The molecule has 124 valence electrons. The summed E-state index contributed by atoms with van der Waals surface area (Å²) in [5.41, 5.74) is 1.52. The highest BCUT2D eigenvalue weighted by atomic mass is 35.5. The molecule has 2 rings (SSSR count). The van der Waals surface area contributed by atoms with Crippen LogP contribution in [0, 0.1) is 0 Å². The topological polar surface area (TPSA) is 67.6 Å². The van der Waals surface area contributed by atoms with E-state index in [0.717, 1.165) is 5.56 Å². The van der Waals surface area contributed by atoms with Gasteiger partial charge in [-0.1, -0.05) is 17.7 Å². The van der Waals surface area contributed by atoms with Crippen LogP contribution in [0.2, 0.25) is 5.02 Å². The Labute approximate surface area is 140 Å². The average Bonchev–Trinajstić information content (AvgIpc) is 2.92. The van der Waals surface area contributed by atoms with Crippen molar-refractivity contribution >= 4 is 17.6 Å². The van der Waals surface area contributed by atoms with Gasteiger partial charge in [0, 0.05) is 30.4 Å². The normalized spacial score (nSPS) is 12.4. The maximum absolute atomic E-state index is 11.8. The van der Waals surface area contributed by atoms with Crippen molar-refractivity contribution in [2.24, 2.45) is 7.05 Å². The summed E-state index contributed by atoms with van der Waals surface area (Å²) in [6.45, 7) is 0.553. The van der Waals surface area contributed by atoms with E-state index in [4.69, 9.17) is 16.3 Å². The molecule has 1 aromatic heterocycles. The van der Waals surface area contributed by atoms with Gasteiger partial charge >= 0.3 is 5.97 Å². The van der Waals surface area contributed by atoms with Gasteiger partial charge in [-0.2, -0.15) is 5.10 Å². The summed E-state index contributed by atoms with van der Waals surface area (Å²) in [6.07, 6.45) is 4.39. The summed E-state index contributed by atoms with van der Waals surface area (Å²) >= 11 is 6.23. The number of carboxylic acid groups (broad SMARTS) is 1. The molecule has 0 radical (unpaired) electrons. The van der Waals surface area contributed by atoms with E-state index in [-0.39, 0.29) is 0 Å². The number of likely N-dealkylation sites (N-methyl/N-ethyl adjacent to an activating group) is 1. The van der Waals surface area contributed by atoms with E-state index < -0.39 is 12.0 Å². The molecular weight excluding hydrogens is 318 g/mol. The zero-order valence-corrected chi connectivity index (χ0v) is 14.1. The van der Waals surface area contributed by atoms with Gasteiger partial charge in [-0.3, -0.25) is 14.4 Å². The number of aryl methyl sites for hydroxylation is 1. The first-order chi connectivity index (χ1) is 10.9. The molecule has 0 bridgehead atoms. The van der Waals surface area contributed by atoms with Crippen molar-refractivity contribution in [2.45, 2.75) is 12.5 Å². The molecule has 1 heterocycles. The van der Waals surface area contributed by atoms with Gasteiger partial charge in [0.05, 0.1) is 13.3 Å². The Kier molecular flexibility index (Phi) is 5.63. The van der Waals surface area contributed by atoms with Crippen molar-refractivity contribution < 1.29 is 14.6 Å². The molecule has 0 fully saturated rings. The van der Waals surface area contributed by atoms with Crippen LogP contribution in [-0.2, 0) is 18.3 Å². The van der Waals surface area contributed by atoms with E-state index in [1.165, 1.54) is 7.11 Å². The van der Waals surface area contributed by atoms with Crippen LogP contribution in [0.1, 0.15) is 17.2 Å². The Morgan fingerprint density at radius 2 is 2.26 bits per heavy atom. The van der Waals surface area contributed by atoms with Crippen LogP contribution in [-0.4, -0.2) is 46.5 Å². The number of hydrogen-bond donors (Lipinski definition) is 1. The van der Waals surface area contributed by atoms with E-state index in [0.29, 0.717) is 29.3 Å². The fraction of sp³-hybridized carbons (Fsp3) is 0.375. The molecule has 1 atom stereocenters. The smallest absolute Gasteiger partial charge is 0.325 e. The predicted molar refractivity (Wildman–Crippen MR) is 87.9 cm³/mol. The zero-order valence-electron chi connectivity index (χ0n) is 13.4. The fourth-order valence-electron chi connectivity index (χ4n) is 2.53. The predicted octanol–water partition coefficient (Wildman–Crippen LogP) is 2.38. The van der Waals surface area contributed by atoms with E-state index in [1.807, 2.05) is 13.2 Å². The number of halogens is 1. The highest BCUT2D eigenvalue weighted by Gasteiger charge is 2.29. The standard InChI is InChI=1S/C16H20ClN3O3/c1-19(8-7-11-9-18-20(2)10-11)15(16(21)22)14-12(17)5-4-6-13(14)23-3/h4-6,9-10,15H,7-8H2,1-3H3,(H,21,22). The van der Waals surface area contributed by atoms with E-state index in [1.54, 1.807) is 41.0 Å². The number of carbonyl (C=O) groups is 1. The third-order valence-corrected chi connectivity index (χ3v) is 4.02. The molecule has 7 heteroatoms. The number of nitrogens with zero attached hydrogens (tertiary/aromatic N) is 3. The van der Waals surface area contributed by atoms with Crippen molar-refractivity contribution in [3.63, 3.8) is 0 Å². The van der Waals surface area contributed by atoms with Crippen LogP contribution in [0.15, 0.2) is 30.6 Å². The number of methoxy groups -OCH3 is 1. The zero-order chi connectivity index (χ0) is 17.0. The maximum atomic E-state index is 11.8. The summed E-state index contributed by atoms with van der Waals surface area (Å²) in [7, 11) is 5.11. The maximum Gasteiger partial charge on any atom is 0.325 e. The minimum Gasteiger partial charge on any atom is -0.496 e. The quantitative estimate of drug-likeness (QED) is 0.840. The number of rotatable bonds is 7. The molecule has 0 spiro atoms. The Hall–Kier alpha value is -2.05. The number of aromatic nitrogens is 2. The summed E-state index contributed by atoms with van der Waals surface area (Å²) in [6, 6.07) is 4.24. The largest absolute Gasteiger partial charge is 0.496 e. The molecular formula is C16H20ClN3O3. The first-order valence-corrected chi connectivity index (χ1v) is 7.54. The third-order valence-electron chi connectivity index (χ3n) is 3.69. The molecule has 2 aromatic rings. The molecule has 0 saturated carbocycles. The second kappa shape index (κ2) is 7.48. The number of hydrogen-bond acceptors (Lipinski definition) is 4. The molecule has 0 aliphatic heterocycles. The van der Waals surface area contributed by atoms with Gasteiger partial charge in [0.2, 0.25) is 0 Å². The average molecular weight is 338 g/mol. The Morgan fingerprint density at radius 1 is 1.52 bits per heavy atom. The highest BCUT2D eigenvalue weighted by molar-refractivity contribution is 6.31. The Morgan fingerprint density at radius 3 is 2.83 bits per heavy atom. The van der Waals surface area contributed by atoms with Crippen LogP contribution in [0.4, 0.5) is 0 Å². The summed E-state index contributed by atoms with van der Waals surface area (Å²) in [4.78, 5) is 13.6. The van der Waals surface area contributed by atoms with Crippen molar-refractivity contribution in [1.29, 1.82) is 0 Å². The van der Waals surface area contributed by atoms with Gasteiger partial charge in [-0.25, -0.2) is 0 Å². The molecule has 0 saturated heterocycles. The van der Waals surface area contributed by atoms with Crippen LogP contribution < -0.4 is 4.74 Å². The van der Waals surface area contributed by atoms with Gasteiger partial charge in [-0.05, 0) is 31.2 Å². The molecule has 23 heavy (non-hydrogen) atoms. The number of aliphatic carboxylic acids is 1. The number of carboxylic acids is 1. The third kappa shape index (κ3) is 4.03. The molecule has 1 N–H and O–H groups in total. The minimum absolute atomic E-state index is 0.380. The lowest BCUT2D eigenvalue weighted by molar-refractivity contribution is -0.143. The van der Waals surface area contributed by atoms with E-state index in [9.17, 15) is 9.90 Å². The van der Waals surface area contributed by atoms with Gasteiger partial charge in [0.25, 0.3) is 0 Å². The molecule has 1 aromatic carbocycles. The van der Waals surface area contributed by atoms with Gasteiger partial charge in [0.1, 0.15) is 11.8 Å². The first-order valence-electron chi connectivity index (χ1n) is 7.17. The molecule has 1 unspecified atom stereocenters. The lowest BCUT2D eigenvalue weighted by atomic mass is 10.0. The van der Waals surface area contributed by atoms with Gasteiger partial charge in [0.15, 0.2) is 0 Å². The SMILES string of the molecule is COc1cccc(Cl)c1C(C(=O)O)N(C)CCc1cnn(C)c1. The Balaban J connectivity index is 2.22. The van der Waals surface area contributed by atoms with Crippen LogP contribution >= 0.6 is 11.6 Å². The van der Waals surface area contributed by atoms with Crippen molar-refractivity contribution in [3.8, 4) is 5.75 Å². The molecule has 6 nitrogen and oxygen atoms in total. The summed E-state index contributed by atoms with van der Waals surface area (Å²) in [5, 5.41) is 14.2. The summed E-state index contributed by atoms with van der Waals surface area (Å²) < 4.78 is 7.01. The number of benzene rings is 1.